The Hall–Kier alpha value is -1.23. The molecule has 0 bridgehead atoms. The van der Waals surface area contributed by atoms with Gasteiger partial charge in [-0.05, 0) is 56.0 Å². The van der Waals surface area contributed by atoms with Crippen LogP contribution < -0.4 is 0 Å². The van der Waals surface area contributed by atoms with E-state index >= 15 is 0 Å². The molecule has 1 aromatic carbocycles. The molecule has 1 amide bonds. The van der Waals surface area contributed by atoms with E-state index in [-0.39, 0.29) is 12.7 Å². The zero-order valence-electron chi connectivity index (χ0n) is 13.5. The van der Waals surface area contributed by atoms with Crippen LogP contribution in [0, 0.1) is 0 Å². The molecule has 0 saturated heterocycles. The van der Waals surface area contributed by atoms with Crippen LogP contribution in [0.1, 0.15) is 32.8 Å². The summed E-state index contributed by atoms with van der Waals surface area (Å²) in [5, 5.41) is 10.7. The van der Waals surface area contributed by atoms with Crippen molar-refractivity contribution < 1.29 is 14.6 Å². The molecule has 0 saturated carbocycles. The highest BCUT2D eigenvalue weighted by Crippen LogP contribution is 2.32. The largest absolute Gasteiger partial charge is 0.444 e. The Morgan fingerprint density at radius 1 is 1.30 bits per heavy atom. The van der Waals surface area contributed by atoms with Gasteiger partial charge in [-0.25, -0.2) is 4.79 Å². The molecule has 1 heterocycles. The predicted molar refractivity (Wildman–Crippen MR) is 92.9 cm³/mol. The van der Waals surface area contributed by atoms with Crippen LogP contribution in [0.25, 0.3) is 5.57 Å². The number of aliphatic hydroxyl groups is 1. The van der Waals surface area contributed by atoms with Gasteiger partial charge in [0, 0.05) is 13.1 Å². The Labute approximate surface area is 146 Å². The van der Waals surface area contributed by atoms with E-state index in [1.807, 2.05) is 26.8 Å². The van der Waals surface area contributed by atoms with Crippen molar-refractivity contribution in [3.8, 4) is 0 Å². The molecule has 0 atom stereocenters. The summed E-state index contributed by atoms with van der Waals surface area (Å²) in [4.78, 5) is 13.8. The lowest BCUT2D eigenvalue weighted by atomic mass is 9.94. The van der Waals surface area contributed by atoms with Crippen LogP contribution in [-0.2, 0) is 4.74 Å². The fraction of sp³-hybridized carbons (Fsp3) is 0.471. The second-order valence-corrected chi connectivity index (χ2v) is 7.34. The highest BCUT2D eigenvalue weighted by Gasteiger charge is 2.27. The third-order valence-electron chi connectivity index (χ3n) is 3.55. The molecule has 1 aliphatic rings. The Kier molecular flexibility index (Phi) is 5.61. The molecule has 0 unspecified atom stereocenters. The highest BCUT2D eigenvalue weighted by atomic mass is 35.5. The number of nitrogens with zero attached hydrogens (tertiary/aromatic N) is 1. The Bertz CT molecular complexity index is 635. The number of carbonyl (C=O) groups excluding carboxylic acids is 1. The van der Waals surface area contributed by atoms with Gasteiger partial charge in [0.2, 0.25) is 0 Å². The van der Waals surface area contributed by atoms with Gasteiger partial charge in [0.1, 0.15) is 5.60 Å². The van der Waals surface area contributed by atoms with Crippen LogP contribution in [0.3, 0.4) is 0 Å². The molecule has 2 rings (SSSR count). The van der Waals surface area contributed by atoms with E-state index in [9.17, 15) is 9.90 Å². The summed E-state index contributed by atoms with van der Waals surface area (Å²) in [6.07, 6.45) is 0.268. The normalized spacial score (nSPS) is 15.8. The van der Waals surface area contributed by atoms with Crippen molar-refractivity contribution in [1.29, 1.82) is 0 Å². The van der Waals surface area contributed by atoms with Gasteiger partial charge >= 0.3 is 6.09 Å². The van der Waals surface area contributed by atoms with Crippen LogP contribution >= 0.6 is 23.2 Å². The minimum absolute atomic E-state index is 0.116. The summed E-state index contributed by atoms with van der Waals surface area (Å²) in [7, 11) is 0. The molecule has 0 aliphatic carbocycles. The summed E-state index contributed by atoms with van der Waals surface area (Å²) >= 11 is 12.0. The Morgan fingerprint density at radius 2 is 2.00 bits per heavy atom. The SMILES string of the molecule is CC(C)(C)OC(=O)N1CCC(c2ccc(Cl)c(Cl)c2)=C(CO)C1. The maximum atomic E-state index is 12.2. The third-order valence-corrected chi connectivity index (χ3v) is 4.29. The fourth-order valence-electron chi connectivity index (χ4n) is 2.49. The summed E-state index contributed by atoms with van der Waals surface area (Å²) < 4.78 is 5.39. The van der Waals surface area contributed by atoms with Crippen molar-refractivity contribution in [3.05, 3.63) is 39.4 Å². The summed E-state index contributed by atoms with van der Waals surface area (Å²) in [5.74, 6) is 0. The van der Waals surface area contributed by atoms with Gasteiger partial charge in [0.15, 0.2) is 0 Å². The van der Waals surface area contributed by atoms with Gasteiger partial charge in [0.25, 0.3) is 0 Å². The van der Waals surface area contributed by atoms with Gasteiger partial charge in [-0.1, -0.05) is 29.3 Å². The fourth-order valence-corrected chi connectivity index (χ4v) is 2.79. The summed E-state index contributed by atoms with van der Waals surface area (Å²) in [5.41, 5.74) is 2.18. The first kappa shape index (κ1) is 18.1. The van der Waals surface area contributed by atoms with Crippen molar-refractivity contribution in [2.24, 2.45) is 0 Å². The van der Waals surface area contributed by atoms with Crippen LogP contribution in [0.4, 0.5) is 4.79 Å². The van der Waals surface area contributed by atoms with E-state index in [1.54, 1.807) is 17.0 Å². The topological polar surface area (TPSA) is 49.8 Å². The first-order chi connectivity index (χ1) is 10.7. The van der Waals surface area contributed by atoms with Gasteiger partial charge in [0.05, 0.1) is 16.7 Å². The molecule has 0 spiro atoms. The van der Waals surface area contributed by atoms with Crippen molar-refractivity contribution >= 4 is 34.9 Å². The molecule has 0 fully saturated rings. The second-order valence-electron chi connectivity index (χ2n) is 6.52. The highest BCUT2D eigenvalue weighted by molar-refractivity contribution is 6.42. The van der Waals surface area contributed by atoms with Gasteiger partial charge in [-0.3, -0.25) is 0 Å². The number of ether oxygens (including phenoxy) is 1. The average molecular weight is 358 g/mol. The molecule has 4 nitrogen and oxygen atoms in total. The number of hydrogen-bond donors (Lipinski definition) is 1. The van der Waals surface area contributed by atoms with E-state index in [0.717, 1.165) is 16.7 Å². The lowest BCUT2D eigenvalue weighted by molar-refractivity contribution is 0.0260. The van der Waals surface area contributed by atoms with E-state index in [1.165, 1.54) is 0 Å². The lowest BCUT2D eigenvalue weighted by Gasteiger charge is -2.32. The van der Waals surface area contributed by atoms with E-state index in [0.29, 0.717) is 29.6 Å². The van der Waals surface area contributed by atoms with Crippen LogP contribution in [0.5, 0.6) is 0 Å². The van der Waals surface area contributed by atoms with Crippen molar-refractivity contribution in [1.82, 2.24) is 4.90 Å². The van der Waals surface area contributed by atoms with E-state index in [4.69, 9.17) is 27.9 Å². The quantitative estimate of drug-likeness (QED) is 0.854. The molecule has 0 radical (unpaired) electrons. The maximum absolute atomic E-state index is 12.2. The molecule has 1 N–H and O–H groups in total. The Balaban J connectivity index is 2.22. The first-order valence-electron chi connectivity index (χ1n) is 7.46. The van der Waals surface area contributed by atoms with E-state index < -0.39 is 5.60 Å². The van der Waals surface area contributed by atoms with Crippen molar-refractivity contribution in [3.63, 3.8) is 0 Å². The summed E-state index contributed by atoms with van der Waals surface area (Å²) in [6, 6.07) is 5.40. The van der Waals surface area contributed by atoms with Crippen LogP contribution in [-0.4, -0.2) is 41.4 Å². The first-order valence-corrected chi connectivity index (χ1v) is 8.22. The zero-order valence-corrected chi connectivity index (χ0v) is 15.0. The molecule has 23 heavy (non-hydrogen) atoms. The van der Waals surface area contributed by atoms with E-state index in [2.05, 4.69) is 0 Å². The third kappa shape index (κ3) is 4.63. The number of aliphatic hydroxyl groups excluding tert-OH is 1. The zero-order chi connectivity index (χ0) is 17.2. The van der Waals surface area contributed by atoms with Crippen molar-refractivity contribution in [2.45, 2.75) is 32.8 Å². The monoisotopic (exact) mass is 357 g/mol. The molecule has 1 aromatic rings. The van der Waals surface area contributed by atoms with Crippen LogP contribution in [0.15, 0.2) is 23.8 Å². The molecular formula is C17H21Cl2NO3. The van der Waals surface area contributed by atoms with Gasteiger partial charge in [-0.2, -0.15) is 0 Å². The Morgan fingerprint density at radius 3 is 2.57 bits per heavy atom. The second kappa shape index (κ2) is 7.12. The minimum Gasteiger partial charge on any atom is -0.444 e. The van der Waals surface area contributed by atoms with Crippen molar-refractivity contribution in [2.75, 3.05) is 19.7 Å². The number of halogens is 2. The average Bonchev–Trinajstić information content (AvgIpc) is 2.47. The number of hydrogen-bond acceptors (Lipinski definition) is 3. The molecule has 1 aliphatic heterocycles. The molecular weight excluding hydrogens is 337 g/mol. The van der Waals surface area contributed by atoms with Crippen LogP contribution in [0.2, 0.25) is 10.0 Å². The van der Waals surface area contributed by atoms with Gasteiger partial charge in [-0.15, -0.1) is 0 Å². The number of rotatable bonds is 2. The number of carbonyl (C=O) groups is 1. The smallest absolute Gasteiger partial charge is 0.410 e. The predicted octanol–water partition coefficient (Wildman–Crippen LogP) is 4.38. The maximum Gasteiger partial charge on any atom is 0.410 e. The number of amides is 1. The molecule has 6 heteroatoms. The van der Waals surface area contributed by atoms with Gasteiger partial charge < -0.3 is 14.7 Å². The lowest BCUT2D eigenvalue weighted by Crippen LogP contribution is -2.41. The summed E-state index contributed by atoms with van der Waals surface area (Å²) in [6.45, 7) is 6.26. The standard InChI is InChI=1S/C17H21Cl2NO3/c1-17(2,3)23-16(22)20-7-6-13(12(9-20)10-21)11-4-5-14(18)15(19)8-11/h4-5,8,21H,6-7,9-10H2,1-3H3. The number of benzene rings is 1. The minimum atomic E-state index is -0.538. The molecule has 126 valence electrons. The molecule has 0 aromatic heterocycles.